The molecule has 0 amide bonds. The zero-order valence-corrected chi connectivity index (χ0v) is 15.2. The van der Waals surface area contributed by atoms with Gasteiger partial charge in [-0.1, -0.05) is 11.8 Å². The second kappa shape index (κ2) is 8.03. The van der Waals surface area contributed by atoms with Gasteiger partial charge in [0.15, 0.2) is 0 Å². The van der Waals surface area contributed by atoms with E-state index >= 15 is 0 Å². The SMILES string of the molecule is CCOC(=O)c1ccc(C#CC2(O)CN3CCC2CC3)c(CCC=O)c1. The van der Waals surface area contributed by atoms with E-state index in [9.17, 15) is 14.7 Å². The first-order valence-electron chi connectivity index (χ1n) is 9.27. The first-order valence-corrected chi connectivity index (χ1v) is 9.27. The van der Waals surface area contributed by atoms with Crippen molar-refractivity contribution < 1.29 is 19.4 Å². The van der Waals surface area contributed by atoms with Gasteiger partial charge < -0.3 is 14.6 Å². The molecule has 1 aromatic rings. The number of nitrogens with zero attached hydrogens (tertiary/aromatic N) is 1. The van der Waals surface area contributed by atoms with Crippen LogP contribution in [0.4, 0.5) is 0 Å². The number of carbonyl (C=O) groups is 2. The normalized spacial score (nSPS) is 26.7. The van der Waals surface area contributed by atoms with Crippen LogP contribution >= 0.6 is 0 Å². The van der Waals surface area contributed by atoms with Crippen molar-refractivity contribution >= 4 is 12.3 Å². The zero-order chi connectivity index (χ0) is 18.6. The number of benzene rings is 1. The Morgan fingerprint density at radius 3 is 2.81 bits per heavy atom. The molecule has 1 N–H and O–H groups in total. The quantitative estimate of drug-likeness (QED) is 0.496. The Kier molecular flexibility index (Phi) is 5.75. The number of fused-ring (bicyclic) bond motifs is 3. The number of piperidine rings is 3. The minimum absolute atomic E-state index is 0.220. The summed E-state index contributed by atoms with van der Waals surface area (Å²) in [5, 5.41) is 11.0. The van der Waals surface area contributed by atoms with Gasteiger partial charge in [0.1, 0.15) is 11.9 Å². The molecule has 0 aromatic heterocycles. The zero-order valence-electron chi connectivity index (χ0n) is 15.2. The average molecular weight is 355 g/mol. The molecular formula is C21H25NO4. The Bertz CT molecular complexity index is 740. The van der Waals surface area contributed by atoms with Gasteiger partial charge in [-0.05, 0) is 63.0 Å². The summed E-state index contributed by atoms with van der Waals surface area (Å²) in [5.74, 6) is 6.06. The van der Waals surface area contributed by atoms with E-state index in [1.54, 1.807) is 25.1 Å². The summed E-state index contributed by atoms with van der Waals surface area (Å²) in [5.41, 5.74) is 1.07. The van der Waals surface area contributed by atoms with Gasteiger partial charge in [-0.3, -0.25) is 4.90 Å². The molecule has 3 saturated heterocycles. The van der Waals surface area contributed by atoms with Crippen molar-refractivity contribution in [3.63, 3.8) is 0 Å². The van der Waals surface area contributed by atoms with Crippen LogP contribution in [0.1, 0.15) is 47.7 Å². The van der Waals surface area contributed by atoms with Crippen LogP contribution < -0.4 is 0 Å². The summed E-state index contributed by atoms with van der Waals surface area (Å²) in [6, 6.07) is 5.21. The molecule has 3 heterocycles. The minimum atomic E-state index is -0.974. The molecule has 26 heavy (non-hydrogen) atoms. The maximum absolute atomic E-state index is 12.0. The van der Waals surface area contributed by atoms with Crippen LogP contribution in [0.25, 0.3) is 0 Å². The van der Waals surface area contributed by atoms with Crippen LogP contribution in [0.15, 0.2) is 18.2 Å². The van der Waals surface area contributed by atoms with Crippen LogP contribution in [0.3, 0.4) is 0 Å². The molecule has 0 saturated carbocycles. The molecule has 1 atom stereocenters. The van der Waals surface area contributed by atoms with Gasteiger partial charge in [-0.25, -0.2) is 4.79 Å². The predicted octanol–water partition coefficient (Wildman–Crippen LogP) is 1.80. The Hall–Kier alpha value is -2.16. The van der Waals surface area contributed by atoms with E-state index in [4.69, 9.17) is 4.74 Å². The second-order valence-electron chi connectivity index (χ2n) is 7.02. The monoisotopic (exact) mass is 355 g/mol. The summed E-state index contributed by atoms with van der Waals surface area (Å²) < 4.78 is 5.04. The molecule has 0 radical (unpaired) electrons. The van der Waals surface area contributed by atoms with Crippen LogP contribution in [0.2, 0.25) is 0 Å². The molecule has 1 unspecified atom stereocenters. The Morgan fingerprint density at radius 1 is 1.42 bits per heavy atom. The van der Waals surface area contributed by atoms with Crippen LogP contribution in [-0.4, -0.2) is 54.1 Å². The highest BCUT2D eigenvalue weighted by Crippen LogP contribution is 2.35. The van der Waals surface area contributed by atoms with E-state index in [2.05, 4.69) is 16.7 Å². The third kappa shape index (κ3) is 3.98. The maximum Gasteiger partial charge on any atom is 0.338 e. The Labute approximate surface area is 154 Å². The van der Waals surface area contributed by atoms with Crippen molar-refractivity contribution in [2.24, 2.45) is 5.92 Å². The lowest BCUT2D eigenvalue weighted by Crippen LogP contribution is -2.58. The van der Waals surface area contributed by atoms with Gasteiger partial charge in [-0.2, -0.15) is 0 Å². The molecular weight excluding hydrogens is 330 g/mol. The smallest absolute Gasteiger partial charge is 0.338 e. The van der Waals surface area contributed by atoms with E-state index < -0.39 is 5.60 Å². The van der Waals surface area contributed by atoms with Gasteiger partial charge in [-0.15, -0.1) is 0 Å². The lowest BCUT2D eigenvalue weighted by Gasteiger charge is -2.47. The summed E-state index contributed by atoms with van der Waals surface area (Å²) >= 11 is 0. The van der Waals surface area contributed by atoms with Gasteiger partial charge >= 0.3 is 5.97 Å². The average Bonchev–Trinajstić information content (AvgIpc) is 2.66. The molecule has 0 aliphatic carbocycles. The Morgan fingerprint density at radius 2 is 2.19 bits per heavy atom. The van der Waals surface area contributed by atoms with Crippen molar-refractivity contribution in [2.75, 3.05) is 26.2 Å². The van der Waals surface area contributed by atoms with Crippen LogP contribution in [0.5, 0.6) is 0 Å². The van der Waals surface area contributed by atoms with Crippen molar-refractivity contribution in [1.29, 1.82) is 0 Å². The van der Waals surface area contributed by atoms with Crippen LogP contribution in [-0.2, 0) is 16.0 Å². The highest BCUT2D eigenvalue weighted by Gasteiger charge is 2.44. The molecule has 2 bridgehead atoms. The largest absolute Gasteiger partial charge is 0.462 e. The molecule has 3 fully saturated rings. The lowest BCUT2D eigenvalue weighted by molar-refractivity contribution is -0.107. The highest BCUT2D eigenvalue weighted by molar-refractivity contribution is 5.89. The number of hydrogen-bond donors (Lipinski definition) is 1. The molecule has 138 valence electrons. The number of esters is 1. The maximum atomic E-state index is 12.0. The molecule has 1 aromatic carbocycles. The third-order valence-electron chi connectivity index (χ3n) is 5.29. The number of carbonyl (C=O) groups excluding carboxylic acids is 2. The summed E-state index contributed by atoms with van der Waals surface area (Å²) in [6.45, 7) is 4.74. The Balaban J connectivity index is 1.87. The summed E-state index contributed by atoms with van der Waals surface area (Å²) in [4.78, 5) is 25.0. The second-order valence-corrected chi connectivity index (χ2v) is 7.02. The third-order valence-corrected chi connectivity index (χ3v) is 5.29. The van der Waals surface area contributed by atoms with Gasteiger partial charge in [0.2, 0.25) is 0 Å². The summed E-state index contributed by atoms with van der Waals surface area (Å²) in [6.07, 6.45) is 3.68. The van der Waals surface area contributed by atoms with Crippen molar-refractivity contribution in [1.82, 2.24) is 4.90 Å². The molecule has 3 aliphatic rings. The van der Waals surface area contributed by atoms with Gasteiger partial charge in [0, 0.05) is 24.4 Å². The fourth-order valence-corrected chi connectivity index (χ4v) is 3.83. The molecule has 5 heteroatoms. The first-order chi connectivity index (χ1) is 12.6. The van der Waals surface area contributed by atoms with E-state index in [1.807, 2.05) is 0 Å². The lowest BCUT2D eigenvalue weighted by atomic mass is 9.75. The number of aliphatic hydroxyl groups is 1. The predicted molar refractivity (Wildman–Crippen MR) is 97.8 cm³/mol. The van der Waals surface area contributed by atoms with Crippen molar-refractivity contribution in [3.8, 4) is 11.8 Å². The van der Waals surface area contributed by atoms with Gasteiger partial charge in [0.05, 0.1) is 12.2 Å². The number of aldehydes is 1. The highest BCUT2D eigenvalue weighted by atomic mass is 16.5. The number of rotatable bonds is 5. The van der Waals surface area contributed by atoms with Crippen molar-refractivity contribution in [2.45, 2.75) is 38.2 Å². The summed E-state index contributed by atoms with van der Waals surface area (Å²) in [7, 11) is 0. The van der Waals surface area contributed by atoms with Crippen molar-refractivity contribution in [3.05, 3.63) is 34.9 Å². The fourth-order valence-electron chi connectivity index (χ4n) is 3.83. The first kappa shape index (κ1) is 18.6. The standard InChI is InChI=1S/C21H25NO4/c1-2-26-20(24)18-6-5-16(17(14-18)4-3-13-23)7-10-21(25)15-22-11-8-19(21)9-12-22/h5-6,13-14,19,25H,2-4,8-9,11-12,15H2,1H3. The number of ether oxygens (including phenoxy) is 1. The van der Waals surface area contributed by atoms with E-state index in [-0.39, 0.29) is 11.9 Å². The molecule has 4 rings (SSSR count). The van der Waals surface area contributed by atoms with E-state index in [0.29, 0.717) is 31.6 Å². The van der Waals surface area contributed by atoms with Gasteiger partial charge in [0.25, 0.3) is 0 Å². The topological polar surface area (TPSA) is 66.8 Å². The van der Waals surface area contributed by atoms with E-state index in [0.717, 1.165) is 43.3 Å². The number of aryl methyl sites for hydroxylation is 1. The minimum Gasteiger partial charge on any atom is -0.462 e. The number of hydrogen-bond acceptors (Lipinski definition) is 5. The van der Waals surface area contributed by atoms with E-state index in [1.165, 1.54) is 0 Å². The van der Waals surface area contributed by atoms with Crippen LogP contribution in [0, 0.1) is 17.8 Å². The molecule has 3 aliphatic heterocycles. The molecule has 5 nitrogen and oxygen atoms in total. The fraction of sp³-hybridized carbons (Fsp3) is 0.524. The molecule has 0 spiro atoms.